The van der Waals surface area contributed by atoms with Crippen LogP contribution in [0.1, 0.15) is 58.2 Å². The van der Waals surface area contributed by atoms with Gasteiger partial charge in [-0.2, -0.15) is 0 Å². The predicted octanol–water partition coefficient (Wildman–Crippen LogP) is 3.57. The van der Waals surface area contributed by atoms with Crippen molar-refractivity contribution in [2.75, 3.05) is 0 Å². The Hall–Kier alpha value is -1.42. The fourth-order valence-corrected chi connectivity index (χ4v) is 2.43. The zero-order chi connectivity index (χ0) is 14.2. The Labute approximate surface area is 121 Å². The summed E-state index contributed by atoms with van der Waals surface area (Å²) < 4.78 is 2.04. The van der Waals surface area contributed by atoms with Gasteiger partial charge >= 0.3 is 0 Å². The SMILES string of the molecule is CCCCCCCC(C)NCc1nnc2ccccn12. The highest BCUT2D eigenvalue weighted by atomic mass is 15.3. The number of aromatic nitrogens is 3. The van der Waals surface area contributed by atoms with E-state index in [4.69, 9.17) is 0 Å². The monoisotopic (exact) mass is 274 g/mol. The summed E-state index contributed by atoms with van der Waals surface area (Å²) in [6.45, 7) is 5.29. The van der Waals surface area contributed by atoms with Crippen LogP contribution in [-0.2, 0) is 6.54 Å². The third-order valence-corrected chi connectivity index (χ3v) is 3.73. The molecule has 0 bridgehead atoms. The molecule has 0 aliphatic rings. The Morgan fingerprint density at radius 1 is 1.15 bits per heavy atom. The number of nitrogens with one attached hydrogen (secondary N) is 1. The van der Waals surface area contributed by atoms with Crippen LogP contribution in [0.4, 0.5) is 0 Å². The molecule has 0 radical (unpaired) electrons. The van der Waals surface area contributed by atoms with Crippen molar-refractivity contribution in [3.63, 3.8) is 0 Å². The first-order chi connectivity index (χ1) is 9.81. The molecule has 0 aromatic carbocycles. The van der Waals surface area contributed by atoms with E-state index >= 15 is 0 Å². The molecule has 4 nitrogen and oxygen atoms in total. The summed E-state index contributed by atoms with van der Waals surface area (Å²) >= 11 is 0. The van der Waals surface area contributed by atoms with Crippen molar-refractivity contribution in [1.82, 2.24) is 19.9 Å². The van der Waals surface area contributed by atoms with Crippen LogP contribution >= 0.6 is 0 Å². The largest absolute Gasteiger partial charge is 0.307 e. The maximum absolute atomic E-state index is 4.24. The maximum atomic E-state index is 4.24. The predicted molar refractivity (Wildman–Crippen MR) is 82.7 cm³/mol. The second-order valence-electron chi connectivity index (χ2n) is 5.53. The molecule has 0 saturated carbocycles. The smallest absolute Gasteiger partial charge is 0.160 e. The van der Waals surface area contributed by atoms with Crippen LogP contribution in [-0.4, -0.2) is 20.6 Å². The molecule has 0 amide bonds. The lowest BCUT2D eigenvalue weighted by Crippen LogP contribution is -2.26. The van der Waals surface area contributed by atoms with Crippen molar-refractivity contribution in [2.24, 2.45) is 0 Å². The number of unbranched alkanes of at least 4 members (excludes halogenated alkanes) is 4. The van der Waals surface area contributed by atoms with Gasteiger partial charge in [-0.3, -0.25) is 4.40 Å². The van der Waals surface area contributed by atoms with Crippen molar-refractivity contribution in [3.8, 4) is 0 Å². The summed E-state index contributed by atoms with van der Waals surface area (Å²) in [7, 11) is 0. The minimum atomic E-state index is 0.535. The molecule has 0 fully saturated rings. The molecule has 2 aromatic rings. The van der Waals surface area contributed by atoms with Gasteiger partial charge in [-0.1, -0.05) is 45.1 Å². The molecule has 0 spiro atoms. The second kappa shape index (κ2) is 8.00. The summed E-state index contributed by atoms with van der Waals surface area (Å²) in [6, 6.07) is 6.51. The van der Waals surface area contributed by atoms with Gasteiger partial charge in [0.1, 0.15) is 0 Å². The van der Waals surface area contributed by atoms with Gasteiger partial charge in [0.25, 0.3) is 0 Å². The van der Waals surface area contributed by atoms with Crippen molar-refractivity contribution in [3.05, 3.63) is 30.2 Å². The highest BCUT2D eigenvalue weighted by molar-refractivity contribution is 5.36. The molecular weight excluding hydrogens is 248 g/mol. The number of nitrogens with zero attached hydrogens (tertiary/aromatic N) is 3. The van der Waals surface area contributed by atoms with E-state index < -0.39 is 0 Å². The maximum Gasteiger partial charge on any atom is 0.160 e. The van der Waals surface area contributed by atoms with E-state index in [1.165, 1.54) is 38.5 Å². The molecule has 1 atom stereocenters. The van der Waals surface area contributed by atoms with Crippen LogP contribution < -0.4 is 5.32 Å². The molecule has 1 N–H and O–H groups in total. The van der Waals surface area contributed by atoms with Gasteiger partial charge in [0.2, 0.25) is 0 Å². The highest BCUT2D eigenvalue weighted by Gasteiger charge is 2.06. The van der Waals surface area contributed by atoms with Crippen LogP contribution in [0.5, 0.6) is 0 Å². The third kappa shape index (κ3) is 4.30. The number of rotatable bonds is 9. The Bertz CT molecular complexity index is 506. The van der Waals surface area contributed by atoms with Crippen molar-refractivity contribution in [1.29, 1.82) is 0 Å². The minimum absolute atomic E-state index is 0.535. The normalized spacial score (nSPS) is 12.9. The molecule has 20 heavy (non-hydrogen) atoms. The van der Waals surface area contributed by atoms with Crippen molar-refractivity contribution < 1.29 is 0 Å². The number of hydrogen-bond donors (Lipinski definition) is 1. The molecule has 0 aliphatic heterocycles. The Kier molecular flexibility index (Phi) is 5.99. The van der Waals surface area contributed by atoms with E-state index in [1.54, 1.807) is 0 Å². The molecule has 0 saturated heterocycles. The standard InChI is InChI=1S/C16H26N4/c1-3-4-5-6-7-10-14(2)17-13-16-19-18-15-11-8-9-12-20(15)16/h8-9,11-12,14,17H,3-7,10,13H2,1-2H3. The molecule has 2 rings (SSSR count). The summed E-state index contributed by atoms with van der Waals surface area (Å²) in [4.78, 5) is 0. The summed E-state index contributed by atoms with van der Waals surface area (Å²) in [5, 5.41) is 11.9. The zero-order valence-corrected chi connectivity index (χ0v) is 12.7. The van der Waals surface area contributed by atoms with Gasteiger partial charge < -0.3 is 5.32 Å². The molecule has 110 valence electrons. The van der Waals surface area contributed by atoms with Crippen molar-refractivity contribution in [2.45, 2.75) is 65.0 Å². The van der Waals surface area contributed by atoms with Crippen LogP contribution in [0.3, 0.4) is 0 Å². The first kappa shape index (κ1) is 15.0. The summed E-state index contributed by atoms with van der Waals surface area (Å²) in [5.74, 6) is 0.985. The first-order valence-corrected chi connectivity index (χ1v) is 7.83. The fraction of sp³-hybridized carbons (Fsp3) is 0.625. The molecule has 2 heterocycles. The molecule has 2 aromatic heterocycles. The first-order valence-electron chi connectivity index (χ1n) is 7.83. The molecule has 0 aliphatic carbocycles. The van der Waals surface area contributed by atoms with Gasteiger partial charge in [0.15, 0.2) is 11.5 Å². The van der Waals surface area contributed by atoms with Crippen LogP contribution in [0.2, 0.25) is 0 Å². The highest BCUT2D eigenvalue weighted by Crippen LogP contribution is 2.08. The molecule has 4 heteroatoms. The average Bonchev–Trinajstić information content (AvgIpc) is 2.88. The van der Waals surface area contributed by atoms with E-state index in [0.717, 1.165) is 18.0 Å². The van der Waals surface area contributed by atoms with Crippen LogP contribution in [0, 0.1) is 0 Å². The Morgan fingerprint density at radius 2 is 2.00 bits per heavy atom. The van der Waals surface area contributed by atoms with E-state index in [9.17, 15) is 0 Å². The Balaban J connectivity index is 1.72. The molecular formula is C16H26N4. The zero-order valence-electron chi connectivity index (χ0n) is 12.7. The topological polar surface area (TPSA) is 42.2 Å². The lowest BCUT2D eigenvalue weighted by atomic mass is 10.1. The number of fused-ring (bicyclic) bond motifs is 1. The van der Waals surface area contributed by atoms with Crippen molar-refractivity contribution >= 4 is 5.65 Å². The van der Waals surface area contributed by atoms with E-state index in [0.29, 0.717) is 6.04 Å². The lowest BCUT2D eigenvalue weighted by Gasteiger charge is -2.12. The average molecular weight is 274 g/mol. The second-order valence-corrected chi connectivity index (χ2v) is 5.53. The lowest BCUT2D eigenvalue weighted by molar-refractivity contribution is 0.472. The van der Waals surface area contributed by atoms with Gasteiger partial charge in [-0.05, 0) is 25.5 Å². The fourth-order valence-electron chi connectivity index (χ4n) is 2.43. The van der Waals surface area contributed by atoms with Gasteiger partial charge in [0, 0.05) is 12.2 Å². The number of pyridine rings is 1. The summed E-state index contributed by atoms with van der Waals surface area (Å²) in [5.41, 5.74) is 0.913. The van der Waals surface area contributed by atoms with E-state index in [-0.39, 0.29) is 0 Å². The summed E-state index contributed by atoms with van der Waals surface area (Å²) in [6.07, 6.45) is 9.98. The van der Waals surface area contributed by atoms with Gasteiger partial charge in [0.05, 0.1) is 6.54 Å². The van der Waals surface area contributed by atoms with Crippen LogP contribution in [0.15, 0.2) is 24.4 Å². The quantitative estimate of drug-likeness (QED) is 0.711. The third-order valence-electron chi connectivity index (χ3n) is 3.73. The molecule has 1 unspecified atom stereocenters. The minimum Gasteiger partial charge on any atom is -0.307 e. The van der Waals surface area contributed by atoms with Gasteiger partial charge in [-0.15, -0.1) is 10.2 Å². The van der Waals surface area contributed by atoms with E-state index in [2.05, 4.69) is 29.4 Å². The van der Waals surface area contributed by atoms with Crippen LogP contribution in [0.25, 0.3) is 5.65 Å². The van der Waals surface area contributed by atoms with E-state index in [1.807, 2.05) is 28.8 Å². The number of hydrogen-bond acceptors (Lipinski definition) is 3. The Morgan fingerprint density at radius 3 is 2.85 bits per heavy atom. The van der Waals surface area contributed by atoms with Gasteiger partial charge in [-0.25, -0.2) is 0 Å².